The van der Waals surface area contributed by atoms with E-state index in [0.717, 1.165) is 24.9 Å². The van der Waals surface area contributed by atoms with Crippen LogP contribution in [-0.4, -0.2) is 29.0 Å². The summed E-state index contributed by atoms with van der Waals surface area (Å²) in [7, 11) is 2.22. The van der Waals surface area contributed by atoms with Gasteiger partial charge in [0.2, 0.25) is 0 Å². The van der Waals surface area contributed by atoms with Crippen molar-refractivity contribution in [1.29, 1.82) is 0 Å². The first-order valence-electron chi connectivity index (χ1n) is 7.87. The van der Waals surface area contributed by atoms with Crippen LogP contribution >= 0.6 is 0 Å². The summed E-state index contributed by atoms with van der Waals surface area (Å²) < 4.78 is 0. The van der Waals surface area contributed by atoms with E-state index in [1.54, 1.807) is 0 Å². The second kappa shape index (κ2) is 6.68. The first-order chi connectivity index (χ1) is 9.57. The molecule has 0 radical (unpaired) electrons. The summed E-state index contributed by atoms with van der Waals surface area (Å²) in [5.74, 6) is 1.68. The van der Waals surface area contributed by atoms with Crippen molar-refractivity contribution >= 4 is 0 Å². The van der Waals surface area contributed by atoms with E-state index in [2.05, 4.69) is 36.8 Å². The maximum Gasteiger partial charge on any atom is 0.0332 e. The Kier molecular flexibility index (Phi) is 5.17. The monoisotopic (exact) mass is 275 g/mol. The van der Waals surface area contributed by atoms with Gasteiger partial charge in [-0.05, 0) is 56.2 Å². The molecule has 0 aliphatic heterocycles. The van der Waals surface area contributed by atoms with Gasteiger partial charge in [0.15, 0.2) is 0 Å². The maximum atomic E-state index is 6.16. The van der Waals surface area contributed by atoms with Crippen molar-refractivity contribution < 1.29 is 0 Å². The zero-order chi connectivity index (χ0) is 14.6. The van der Waals surface area contributed by atoms with E-state index in [4.69, 9.17) is 5.73 Å². The third kappa shape index (κ3) is 3.39. The topological polar surface area (TPSA) is 42.1 Å². The highest BCUT2D eigenvalue weighted by Crippen LogP contribution is 2.38. The van der Waals surface area contributed by atoms with Crippen molar-refractivity contribution in [2.24, 2.45) is 17.6 Å². The highest BCUT2D eigenvalue weighted by molar-refractivity contribution is 5.09. The van der Waals surface area contributed by atoms with E-state index in [1.165, 1.54) is 31.2 Å². The van der Waals surface area contributed by atoms with E-state index >= 15 is 0 Å². The van der Waals surface area contributed by atoms with Gasteiger partial charge in [0.05, 0.1) is 0 Å². The summed E-state index contributed by atoms with van der Waals surface area (Å²) in [5.41, 5.74) is 7.61. The minimum atomic E-state index is 0.182. The van der Waals surface area contributed by atoms with Crippen molar-refractivity contribution in [3.63, 3.8) is 0 Å². The lowest BCUT2D eigenvalue weighted by Crippen LogP contribution is -2.54. The van der Waals surface area contributed by atoms with Crippen LogP contribution in [0.25, 0.3) is 0 Å². The normalized spacial score (nSPS) is 27.2. The Morgan fingerprint density at radius 1 is 1.40 bits per heavy atom. The molecule has 3 heteroatoms. The Morgan fingerprint density at radius 2 is 2.10 bits per heavy atom. The molecule has 1 aliphatic rings. The lowest BCUT2D eigenvalue weighted by Gasteiger charge is -2.46. The Hall–Kier alpha value is -0.930. The number of aromatic nitrogens is 1. The van der Waals surface area contributed by atoms with Crippen LogP contribution in [0, 0.1) is 11.8 Å². The molecule has 112 valence electrons. The van der Waals surface area contributed by atoms with Gasteiger partial charge in [-0.1, -0.05) is 19.9 Å². The molecule has 0 saturated heterocycles. The fourth-order valence-corrected chi connectivity index (χ4v) is 3.52. The van der Waals surface area contributed by atoms with E-state index < -0.39 is 0 Å². The van der Waals surface area contributed by atoms with Gasteiger partial charge in [-0.25, -0.2) is 0 Å². The molecular weight excluding hydrogens is 246 g/mol. The Labute approximate surface area is 123 Å². The highest BCUT2D eigenvalue weighted by atomic mass is 15.2. The second-order valence-corrected chi connectivity index (χ2v) is 6.73. The summed E-state index contributed by atoms with van der Waals surface area (Å²) in [6.45, 7) is 6.39. The van der Waals surface area contributed by atoms with Gasteiger partial charge in [-0.15, -0.1) is 0 Å². The third-order valence-corrected chi connectivity index (χ3v) is 5.24. The van der Waals surface area contributed by atoms with Gasteiger partial charge in [0.25, 0.3) is 0 Å². The molecule has 1 aromatic heterocycles. The first kappa shape index (κ1) is 15.5. The Morgan fingerprint density at radius 3 is 2.60 bits per heavy atom. The zero-order valence-electron chi connectivity index (χ0n) is 13.2. The van der Waals surface area contributed by atoms with Crippen LogP contribution < -0.4 is 5.73 Å². The SMILES string of the molecule is CC(C)C1CCC(CN)(N(C)Cc2cccnc2)CC1. The molecule has 1 fully saturated rings. The summed E-state index contributed by atoms with van der Waals surface area (Å²) in [5, 5.41) is 0. The predicted octanol–water partition coefficient (Wildman–Crippen LogP) is 3.06. The summed E-state index contributed by atoms with van der Waals surface area (Å²) in [4.78, 5) is 6.67. The molecule has 1 heterocycles. The zero-order valence-corrected chi connectivity index (χ0v) is 13.2. The van der Waals surface area contributed by atoms with Gasteiger partial charge in [-0.3, -0.25) is 9.88 Å². The minimum absolute atomic E-state index is 0.182. The Balaban J connectivity index is 2.01. The summed E-state index contributed by atoms with van der Waals surface area (Å²) in [6.07, 6.45) is 8.86. The van der Waals surface area contributed by atoms with Crippen molar-refractivity contribution in [1.82, 2.24) is 9.88 Å². The van der Waals surface area contributed by atoms with Crippen molar-refractivity contribution in [3.8, 4) is 0 Å². The number of hydrogen-bond acceptors (Lipinski definition) is 3. The van der Waals surface area contributed by atoms with Crippen LogP contribution in [-0.2, 0) is 6.54 Å². The molecule has 2 N–H and O–H groups in total. The number of nitrogens with zero attached hydrogens (tertiary/aromatic N) is 2. The molecular formula is C17H29N3. The minimum Gasteiger partial charge on any atom is -0.329 e. The predicted molar refractivity (Wildman–Crippen MR) is 84.3 cm³/mol. The fourth-order valence-electron chi connectivity index (χ4n) is 3.52. The van der Waals surface area contributed by atoms with E-state index in [-0.39, 0.29) is 5.54 Å². The third-order valence-electron chi connectivity index (χ3n) is 5.24. The standard InChI is InChI=1S/C17H29N3/c1-14(2)16-6-8-17(13-18,9-7-16)20(3)12-15-5-4-10-19-11-15/h4-5,10-11,14,16H,6-9,12-13,18H2,1-3H3. The molecule has 3 nitrogen and oxygen atoms in total. The van der Waals surface area contributed by atoms with Gasteiger partial charge < -0.3 is 5.73 Å². The quantitative estimate of drug-likeness (QED) is 0.898. The molecule has 0 unspecified atom stereocenters. The molecule has 0 aromatic carbocycles. The number of likely N-dealkylation sites (N-methyl/N-ethyl adjacent to an activating group) is 1. The molecule has 2 rings (SSSR count). The average molecular weight is 275 g/mol. The van der Waals surface area contributed by atoms with Crippen molar-refractivity contribution in [2.75, 3.05) is 13.6 Å². The summed E-state index contributed by atoms with van der Waals surface area (Å²) >= 11 is 0. The largest absolute Gasteiger partial charge is 0.329 e. The fraction of sp³-hybridized carbons (Fsp3) is 0.706. The smallest absolute Gasteiger partial charge is 0.0332 e. The van der Waals surface area contributed by atoms with Gasteiger partial charge in [-0.2, -0.15) is 0 Å². The molecule has 1 aliphatic carbocycles. The van der Waals surface area contributed by atoms with Crippen molar-refractivity contribution in [2.45, 2.75) is 51.6 Å². The highest BCUT2D eigenvalue weighted by Gasteiger charge is 2.38. The van der Waals surface area contributed by atoms with E-state index in [1.807, 2.05) is 18.5 Å². The molecule has 0 bridgehead atoms. The van der Waals surface area contributed by atoms with Gasteiger partial charge >= 0.3 is 0 Å². The molecule has 1 saturated carbocycles. The van der Waals surface area contributed by atoms with Crippen LogP contribution in [0.4, 0.5) is 0 Å². The Bertz CT molecular complexity index is 394. The van der Waals surface area contributed by atoms with Gasteiger partial charge in [0, 0.05) is 31.0 Å². The van der Waals surface area contributed by atoms with Crippen LogP contribution in [0.2, 0.25) is 0 Å². The maximum absolute atomic E-state index is 6.16. The number of rotatable bonds is 5. The second-order valence-electron chi connectivity index (χ2n) is 6.73. The first-order valence-corrected chi connectivity index (χ1v) is 7.87. The lowest BCUT2D eigenvalue weighted by atomic mass is 9.72. The number of nitrogens with two attached hydrogens (primary N) is 1. The van der Waals surface area contributed by atoms with Crippen LogP contribution in [0.5, 0.6) is 0 Å². The molecule has 0 amide bonds. The average Bonchev–Trinajstić information content (AvgIpc) is 2.48. The molecule has 0 spiro atoms. The van der Waals surface area contributed by atoms with Crippen LogP contribution in [0.1, 0.15) is 45.1 Å². The van der Waals surface area contributed by atoms with Gasteiger partial charge in [0.1, 0.15) is 0 Å². The summed E-state index contributed by atoms with van der Waals surface area (Å²) in [6, 6.07) is 4.15. The van der Waals surface area contributed by atoms with E-state index in [0.29, 0.717) is 0 Å². The van der Waals surface area contributed by atoms with E-state index in [9.17, 15) is 0 Å². The number of hydrogen-bond donors (Lipinski definition) is 1. The molecule has 1 aromatic rings. The van der Waals surface area contributed by atoms with Crippen LogP contribution in [0.3, 0.4) is 0 Å². The molecule has 0 atom stereocenters. The number of pyridine rings is 1. The van der Waals surface area contributed by atoms with Crippen molar-refractivity contribution in [3.05, 3.63) is 30.1 Å². The molecule has 20 heavy (non-hydrogen) atoms. The van der Waals surface area contributed by atoms with Crippen LogP contribution in [0.15, 0.2) is 24.5 Å². The lowest BCUT2D eigenvalue weighted by molar-refractivity contribution is 0.0497.